The van der Waals surface area contributed by atoms with E-state index < -0.39 is 0 Å². The first kappa shape index (κ1) is 37.7. The molecule has 0 spiro atoms. The monoisotopic (exact) mass is 629 g/mol. The van der Waals surface area contributed by atoms with Crippen molar-refractivity contribution in [3.63, 3.8) is 0 Å². The average molecular weight is 630 g/mol. The fourth-order valence-electron chi connectivity index (χ4n) is 3.70. The van der Waals surface area contributed by atoms with Crippen molar-refractivity contribution in [1.82, 2.24) is 4.90 Å². The summed E-state index contributed by atoms with van der Waals surface area (Å²) in [4.78, 5) is 36.4. The van der Waals surface area contributed by atoms with Crippen molar-refractivity contribution < 1.29 is 61.8 Å². The van der Waals surface area contributed by atoms with Gasteiger partial charge in [0.1, 0.15) is 6.61 Å². The smallest absolute Gasteiger partial charge is 0.302 e. The third-order valence-electron chi connectivity index (χ3n) is 5.85. The number of imide groups is 1. The molecule has 250 valence electrons. The van der Waals surface area contributed by atoms with E-state index in [4.69, 9.17) is 47.4 Å². The van der Waals surface area contributed by atoms with Crippen LogP contribution >= 0.6 is 0 Å². The summed E-state index contributed by atoms with van der Waals surface area (Å²) in [5, 5.41) is 0. The van der Waals surface area contributed by atoms with E-state index in [1.807, 2.05) is 0 Å². The third-order valence-corrected chi connectivity index (χ3v) is 5.85. The van der Waals surface area contributed by atoms with E-state index in [0.29, 0.717) is 123 Å². The van der Waals surface area contributed by atoms with Crippen LogP contribution in [0.3, 0.4) is 0 Å². The van der Waals surface area contributed by atoms with Gasteiger partial charge in [-0.15, -0.1) is 0 Å². The minimum absolute atomic E-state index is 0.211. The van der Waals surface area contributed by atoms with E-state index in [9.17, 15) is 14.4 Å². The molecule has 2 rings (SSSR count). The fraction of sp³-hybridized carbons (Fsp3) is 0.700. The number of fused-ring (bicyclic) bond motifs is 1. The molecule has 0 atom stereocenters. The minimum Gasteiger partial charge on any atom is -0.463 e. The normalized spacial score (nSPS) is 12.7. The van der Waals surface area contributed by atoms with E-state index in [0.717, 1.165) is 0 Å². The van der Waals surface area contributed by atoms with Gasteiger partial charge in [0.2, 0.25) is 0 Å². The number of carbonyl (C=O) groups is 3. The van der Waals surface area contributed by atoms with Crippen molar-refractivity contribution >= 4 is 17.8 Å². The summed E-state index contributed by atoms with van der Waals surface area (Å²) in [6.07, 6.45) is 0. The highest BCUT2D eigenvalue weighted by molar-refractivity contribution is 6.21. The number of carbonyl (C=O) groups excluding carboxylic acids is 3. The standard InChI is InChI=1S/C30H47NO13/c1-26(32)44-25-24-43-23-22-42-21-20-41-19-18-40-17-16-39-15-14-38-13-12-37-11-10-36-9-8-35-7-6-31-29(33)27-4-2-3-5-28(27)30(31)34/h2-5H,6-25H2,1H3. The van der Waals surface area contributed by atoms with Gasteiger partial charge in [0.05, 0.1) is 137 Å². The quantitative estimate of drug-likeness (QED) is 0.0678. The molecule has 0 radical (unpaired) electrons. The van der Waals surface area contributed by atoms with Crippen LogP contribution in [0, 0.1) is 0 Å². The Bertz CT molecular complexity index is 882. The van der Waals surface area contributed by atoms with Gasteiger partial charge in [-0.1, -0.05) is 12.1 Å². The molecule has 14 heteroatoms. The minimum atomic E-state index is -0.317. The van der Waals surface area contributed by atoms with Gasteiger partial charge < -0.3 is 47.4 Å². The van der Waals surface area contributed by atoms with Crippen LogP contribution in [0.2, 0.25) is 0 Å². The molecule has 0 unspecified atom stereocenters. The maximum absolute atomic E-state index is 12.3. The number of benzene rings is 1. The number of rotatable bonds is 30. The Morgan fingerprint density at radius 2 is 0.750 bits per heavy atom. The van der Waals surface area contributed by atoms with Crippen molar-refractivity contribution in [2.75, 3.05) is 132 Å². The molecule has 0 aromatic heterocycles. The predicted molar refractivity (Wildman–Crippen MR) is 156 cm³/mol. The summed E-state index contributed by atoms with van der Waals surface area (Å²) in [5.41, 5.74) is 0.878. The molecule has 0 saturated heterocycles. The third kappa shape index (κ3) is 17.7. The van der Waals surface area contributed by atoms with Crippen molar-refractivity contribution in [2.45, 2.75) is 6.92 Å². The Hall–Kier alpha value is -2.53. The number of amides is 2. The second-order valence-electron chi connectivity index (χ2n) is 9.16. The van der Waals surface area contributed by atoms with Gasteiger partial charge in [-0.3, -0.25) is 19.3 Å². The molecule has 1 heterocycles. The van der Waals surface area contributed by atoms with Crippen LogP contribution in [0.5, 0.6) is 0 Å². The molecule has 2 amide bonds. The second kappa shape index (κ2) is 25.8. The SMILES string of the molecule is CC(=O)OCCOCCOCCOCCOCCOCCOCCOCCOCCOCCN1C(=O)c2ccccc2C1=O. The maximum atomic E-state index is 12.3. The van der Waals surface area contributed by atoms with E-state index in [1.54, 1.807) is 24.3 Å². The molecule has 44 heavy (non-hydrogen) atoms. The molecule has 1 aliphatic rings. The first-order valence-corrected chi connectivity index (χ1v) is 14.9. The van der Waals surface area contributed by atoms with Crippen molar-refractivity contribution in [3.8, 4) is 0 Å². The van der Waals surface area contributed by atoms with Gasteiger partial charge >= 0.3 is 5.97 Å². The van der Waals surface area contributed by atoms with Gasteiger partial charge in [-0.05, 0) is 12.1 Å². The predicted octanol–water partition coefficient (Wildman–Crippen LogP) is 0.995. The van der Waals surface area contributed by atoms with Crippen LogP contribution in [0.25, 0.3) is 0 Å². The highest BCUT2D eigenvalue weighted by Gasteiger charge is 2.34. The summed E-state index contributed by atoms with van der Waals surface area (Å²) in [6.45, 7) is 9.67. The summed E-state index contributed by atoms with van der Waals surface area (Å²) in [7, 11) is 0. The molecule has 1 aliphatic heterocycles. The Balaban J connectivity index is 1.20. The van der Waals surface area contributed by atoms with E-state index in [-0.39, 0.29) is 37.5 Å². The van der Waals surface area contributed by atoms with Crippen LogP contribution in [-0.4, -0.2) is 155 Å². The van der Waals surface area contributed by atoms with Crippen LogP contribution < -0.4 is 0 Å². The molecule has 1 aromatic rings. The van der Waals surface area contributed by atoms with Gasteiger partial charge in [-0.2, -0.15) is 0 Å². The Labute approximate surface area is 259 Å². The van der Waals surface area contributed by atoms with Gasteiger partial charge in [0.15, 0.2) is 0 Å². The lowest BCUT2D eigenvalue weighted by Crippen LogP contribution is -2.33. The molecule has 0 aliphatic carbocycles. The number of nitrogens with zero attached hydrogens (tertiary/aromatic N) is 1. The van der Waals surface area contributed by atoms with E-state index in [1.165, 1.54) is 11.8 Å². The van der Waals surface area contributed by atoms with Crippen LogP contribution in [0.4, 0.5) is 0 Å². The van der Waals surface area contributed by atoms with Crippen LogP contribution in [0.1, 0.15) is 27.6 Å². The largest absolute Gasteiger partial charge is 0.463 e. The zero-order valence-corrected chi connectivity index (χ0v) is 25.7. The zero-order valence-electron chi connectivity index (χ0n) is 25.7. The summed E-state index contributed by atoms with van der Waals surface area (Å²) in [5.74, 6) is -0.879. The lowest BCUT2D eigenvalue weighted by molar-refractivity contribution is -0.142. The lowest BCUT2D eigenvalue weighted by atomic mass is 10.1. The Morgan fingerprint density at radius 1 is 0.477 bits per heavy atom. The van der Waals surface area contributed by atoms with Gasteiger partial charge in [0, 0.05) is 6.92 Å². The molecular formula is C30H47NO13. The van der Waals surface area contributed by atoms with Crippen LogP contribution in [-0.2, 0) is 52.2 Å². The zero-order chi connectivity index (χ0) is 31.5. The summed E-state index contributed by atoms with van der Waals surface area (Å²) < 4.78 is 53.5. The highest BCUT2D eigenvalue weighted by Crippen LogP contribution is 2.21. The Kier molecular flexibility index (Phi) is 22.0. The number of hydrogen-bond donors (Lipinski definition) is 0. The number of ether oxygens (including phenoxy) is 10. The van der Waals surface area contributed by atoms with Gasteiger partial charge in [0.25, 0.3) is 11.8 Å². The molecule has 14 nitrogen and oxygen atoms in total. The second-order valence-corrected chi connectivity index (χ2v) is 9.16. The lowest BCUT2D eigenvalue weighted by Gasteiger charge is -2.13. The van der Waals surface area contributed by atoms with Crippen molar-refractivity contribution in [2.24, 2.45) is 0 Å². The van der Waals surface area contributed by atoms with E-state index in [2.05, 4.69) is 0 Å². The van der Waals surface area contributed by atoms with Crippen molar-refractivity contribution in [3.05, 3.63) is 35.4 Å². The highest BCUT2D eigenvalue weighted by atomic mass is 16.6. The van der Waals surface area contributed by atoms with E-state index >= 15 is 0 Å². The Morgan fingerprint density at radius 3 is 1.05 bits per heavy atom. The maximum Gasteiger partial charge on any atom is 0.302 e. The van der Waals surface area contributed by atoms with Gasteiger partial charge in [-0.25, -0.2) is 0 Å². The summed E-state index contributed by atoms with van der Waals surface area (Å²) in [6, 6.07) is 6.80. The first-order valence-electron chi connectivity index (χ1n) is 14.9. The number of esters is 1. The topological polar surface area (TPSA) is 147 Å². The first-order chi connectivity index (χ1) is 21.6. The molecular weight excluding hydrogens is 582 g/mol. The van der Waals surface area contributed by atoms with Crippen molar-refractivity contribution in [1.29, 1.82) is 0 Å². The molecule has 0 bridgehead atoms. The van der Waals surface area contributed by atoms with Crippen LogP contribution in [0.15, 0.2) is 24.3 Å². The number of hydrogen-bond acceptors (Lipinski definition) is 13. The molecule has 0 N–H and O–H groups in total. The molecule has 1 aromatic carbocycles. The summed E-state index contributed by atoms with van der Waals surface area (Å²) >= 11 is 0. The average Bonchev–Trinajstić information content (AvgIpc) is 3.26. The molecule has 0 saturated carbocycles. The molecule has 0 fully saturated rings. The fourth-order valence-corrected chi connectivity index (χ4v) is 3.70.